The van der Waals surface area contributed by atoms with Gasteiger partial charge in [-0.3, -0.25) is 9.59 Å². The molecule has 0 aromatic heterocycles. The van der Waals surface area contributed by atoms with Crippen LogP contribution < -0.4 is 5.32 Å². The molecule has 1 atom stereocenters. The van der Waals surface area contributed by atoms with Gasteiger partial charge in [0.05, 0.1) is 6.42 Å². The highest BCUT2D eigenvalue weighted by molar-refractivity contribution is 6.31. The second-order valence-electron chi connectivity index (χ2n) is 6.32. The highest BCUT2D eigenvalue weighted by atomic mass is 35.5. The standard InChI is InChI=1S/C21H25ClN2O2/c1-4-19(21(26)23-3)24(14-16-9-7-8-15(2)12-16)20(25)13-17-10-5-6-11-18(17)22/h5-12,19H,4,13-14H2,1-3H3,(H,23,26). The van der Waals surface area contributed by atoms with Crippen LogP contribution in [0.25, 0.3) is 0 Å². The van der Waals surface area contributed by atoms with E-state index in [2.05, 4.69) is 5.32 Å². The van der Waals surface area contributed by atoms with E-state index in [9.17, 15) is 9.59 Å². The normalized spacial score (nSPS) is 11.7. The molecule has 0 spiro atoms. The van der Waals surface area contributed by atoms with Crippen molar-refractivity contribution in [3.63, 3.8) is 0 Å². The van der Waals surface area contributed by atoms with Gasteiger partial charge in [0.15, 0.2) is 0 Å². The summed E-state index contributed by atoms with van der Waals surface area (Å²) < 4.78 is 0. The van der Waals surface area contributed by atoms with E-state index in [4.69, 9.17) is 11.6 Å². The van der Waals surface area contributed by atoms with E-state index in [0.29, 0.717) is 18.0 Å². The van der Waals surface area contributed by atoms with E-state index in [1.165, 1.54) is 0 Å². The number of likely N-dealkylation sites (N-methyl/N-ethyl adjacent to an activating group) is 1. The van der Waals surface area contributed by atoms with Crippen LogP contribution in [0.1, 0.15) is 30.0 Å². The molecule has 0 heterocycles. The summed E-state index contributed by atoms with van der Waals surface area (Å²) in [6.45, 7) is 4.30. The Morgan fingerprint density at radius 2 is 1.88 bits per heavy atom. The van der Waals surface area contributed by atoms with Crippen LogP contribution >= 0.6 is 11.6 Å². The zero-order valence-electron chi connectivity index (χ0n) is 15.5. The van der Waals surface area contributed by atoms with Gasteiger partial charge < -0.3 is 10.2 Å². The summed E-state index contributed by atoms with van der Waals surface area (Å²) in [6.07, 6.45) is 0.707. The molecule has 26 heavy (non-hydrogen) atoms. The van der Waals surface area contributed by atoms with Crippen molar-refractivity contribution in [2.45, 2.75) is 39.3 Å². The van der Waals surface area contributed by atoms with Gasteiger partial charge in [-0.05, 0) is 30.5 Å². The predicted octanol–water partition coefficient (Wildman–Crippen LogP) is 3.74. The van der Waals surface area contributed by atoms with Gasteiger partial charge in [0, 0.05) is 18.6 Å². The van der Waals surface area contributed by atoms with Crippen LogP contribution in [-0.4, -0.2) is 29.8 Å². The third kappa shape index (κ3) is 5.09. The zero-order chi connectivity index (χ0) is 19.1. The molecule has 0 bridgehead atoms. The van der Waals surface area contributed by atoms with Crippen LogP contribution in [0, 0.1) is 6.92 Å². The smallest absolute Gasteiger partial charge is 0.242 e. The highest BCUT2D eigenvalue weighted by Crippen LogP contribution is 2.19. The summed E-state index contributed by atoms with van der Waals surface area (Å²) in [7, 11) is 1.59. The maximum atomic E-state index is 13.1. The molecule has 0 aliphatic rings. The quantitative estimate of drug-likeness (QED) is 0.804. The van der Waals surface area contributed by atoms with Crippen molar-refractivity contribution in [3.05, 3.63) is 70.2 Å². The fourth-order valence-corrected chi connectivity index (χ4v) is 3.20. The molecule has 138 valence electrons. The van der Waals surface area contributed by atoms with E-state index < -0.39 is 6.04 Å². The summed E-state index contributed by atoms with van der Waals surface area (Å²) in [5.41, 5.74) is 2.88. The molecule has 4 nitrogen and oxygen atoms in total. The first-order valence-electron chi connectivity index (χ1n) is 8.76. The van der Waals surface area contributed by atoms with Gasteiger partial charge in [-0.15, -0.1) is 0 Å². The van der Waals surface area contributed by atoms with E-state index in [0.717, 1.165) is 16.7 Å². The fourth-order valence-electron chi connectivity index (χ4n) is 3.00. The summed E-state index contributed by atoms with van der Waals surface area (Å²) in [4.78, 5) is 27.0. The second kappa shape index (κ2) is 9.39. The molecule has 0 saturated carbocycles. The molecule has 0 saturated heterocycles. The summed E-state index contributed by atoms with van der Waals surface area (Å²) in [5, 5.41) is 3.22. The minimum absolute atomic E-state index is 0.116. The molecule has 2 aromatic carbocycles. The van der Waals surface area contributed by atoms with Gasteiger partial charge in [0.1, 0.15) is 6.04 Å². The third-order valence-corrected chi connectivity index (χ3v) is 4.74. The lowest BCUT2D eigenvalue weighted by molar-refractivity contribution is -0.140. The number of halogens is 1. The Balaban J connectivity index is 2.30. The van der Waals surface area contributed by atoms with Crippen LogP contribution in [0.2, 0.25) is 5.02 Å². The van der Waals surface area contributed by atoms with E-state index in [1.54, 1.807) is 18.0 Å². The first-order valence-corrected chi connectivity index (χ1v) is 9.14. The Hall–Kier alpha value is -2.33. The number of hydrogen-bond acceptors (Lipinski definition) is 2. The average molecular weight is 373 g/mol. The van der Waals surface area contributed by atoms with Crippen molar-refractivity contribution in [1.82, 2.24) is 10.2 Å². The highest BCUT2D eigenvalue weighted by Gasteiger charge is 2.28. The van der Waals surface area contributed by atoms with Crippen LogP contribution in [0.5, 0.6) is 0 Å². The number of benzene rings is 2. The lowest BCUT2D eigenvalue weighted by atomic mass is 10.1. The van der Waals surface area contributed by atoms with Crippen molar-refractivity contribution in [2.75, 3.05) is 7.05 Å². The minimum atomic E-state index is -0.518. The molecule has 1 unspecified atom stereocenters. The molecule has 2 rings (SSSR count). The molecule has 0 aliphatic heterocycles. The van der Waals surface area contributed by atoms with Crippen molar-refractivity contribution < 1.29 is 9.59 Å². The summed E-state index contributed by atoms with van der Waals surface area (Å²) in [6, 6.07) is 14.8. The zero-order valence-corrected chi connectivity index (χ0v) is 16.2. The number of aryl methyl sites for hydroxylation is 1. The second-order valence-corrected chi connectivity index (χ2v) is 6.72. The van der Waals surface area contributed by atoms with Crippen molar-refractivity contribution >= 4 is 23.4 Å². The first kappa shape index (κ1) is 20.0. The Morgan fingerprint density at radius 3 is 2.50 bits per heavy atom. The van der Waals surface area contributed by atoms with Crippen molar-refractivity contribution in [3.8, 4) is 0 Å². The monoisotopic (exact) mass is 372 g/mol. The number of rotatable bonds is 7. The molecule has 1 N–H and O–H groups in total. The number of hydrogen-bond donors (Lipinski definition) is 1. The molecule has 5 heteroatoms. The average Bonchev–Trinajstić information content (AvgIpc) is 2.63. The molecule has 0 radical (unpaired) electrons. The summed E-state index contributed by atoms with van der Waals surface area (Å²) >= 11 is 6.21. The Kier molecular flexibility index (Phi) is 7.22. The fraction of sp³-hybridized carbons (Fsp3) is 0.333. The lowest BCUT2D eigenvalue weighted by Crippen LogP contribution is -2.48. The minimum Gasteiger partial charge on any atom is -0.357 e. The Morgan fingerprint density at radius 1 is 1.15 bits per heavy atom. The van der Waals surface area contributed by atoms with Gasteiger partial charge in [0.2, 0.25) is 11.8 Å². The first-order chi connectivity index (χ1) is 12.5. The topological polar surface area (TPSA) is 49.4 Å². The van der Waals surface area contributed by atoms with Crippen LogP contribution in [-0.2, 0) is 22.6 Å². The SMILES string of the molecule is CCC(C(=O)NC)N(Cc1cccc(C)c1)C(=O)Cc1ccccc1Cl. The molecule has 0 fully saturated rings. The maximum Gasteiger partial charge on any atom is 0.242 e. The van der Waals surface area contributed by atoms with Gasteiger partial charge in [-0.25, -0.2) is 0 Å². The van der Waals surface area contributed by atoms with Gasteiger partial charge in [-0.2, -0.15) is 0 Å². The van der Waals surface area contributed by atoms with Crippen molar-refractivity contribution in [1.29, 1.82) is 0 Å². The number of amides is 2. The van der Waals surface area contributed by atoms with E-state index in [-0.39, 0.29) is 18.2 Å². The number of nitrogens with zero attached hydrogens (tertiary/aromatic N) is 1. The Labute approximate surface area is 160 Å². The molecule has 2 amide bonds. The van der Waals surface area contributed by atoms with E-state index >= 15 is 0 Å². The molecular formula is C21H25ClN2O2. The van der Waals surface area contributed by atoms with Gasteiger partial charge in [0.25, 0.3) is 0 Å². The Bertz CT molecular complexity index is 776. The number of nitrogens with one attached hydrogen (secondary N) is 1. The largest absolute Gasteiger partial charge is 0.357 e. The number of carbonyl (C=O) groups excluding carboxylic acids is 2. The predicted molar refractivity (Wildman–Crippen MR) is 105 cm³/mol. The van der Waals surface area contributed by atoms with Gasteiger partial charge in [-0.1, -0.05) is 66.6 Å². The van der Waals surface area contributed by atoms with Crippen LogP contribution in [0.4, 0.5) is 0 Å². The maximum absolute atomic E-state index is 13.1. The molecule has 2 aromatic rings. The number of carbonyl (C=O) groups is 2. The lowest BCUT2D eigenvalue weighted by Gasteiger charge is -2.30. The summed E-state index contributed by atoms with van der Waals surface area (Å²) in [5.74, 6) is -0.275. The van der Waals surface area contributed by atoms with E-state index in [1.807, 2.05) is 56.3 Å². The van der Waals surface area contributed by atoms with Gasteiger partial charge >= 0.3 is 0 Å². The third-order valence-electron chi connectivity index (χ3n) is 4.37. The van der Waals surface area contributed by atoms with Crippen molar-refractivity contribution in [2.24, 2.45) is 0 Å². The molecule has 0 aliphatic carbocycles. The van der Waals surface area contributed by atoms with Crippen LogP contribution in [0.15, 0.2) is 48.5 Å². The van der Waals surface area contributed by atoms with Crippen LogP contribution in [0.3, 0.4) is 0 Å². The molecular weight excluding hydrogens is 348 g/mol.